The monoisotopic (exact) mass is 328 g/mol. The van der Waals surface area contributed by atoms with Crippen molar-refractivity contribution >= 4 is 6.09 Å². The first kappa shape index (κ1) is 19.2. The summed E-state index contributed by atoms with van der Waals surface area (Å²) in [6.07, 6.45) is 0.791. The first-order chi connectivity index (χ1) is 10.8. The van der Waals surface area contributed by atoms with E-state index in [0.717, 1.165) is 0 Å². The number of aliphatic hydroxyl groups excluding tert-OH is 1. The molecule has 0 fully saturated rings. The lowest BCUT2D eigenvalue weighted by Gasteiger charge is -2.35. The Kier molecular flexibility index (Phi) is 7.31. The topological polar surface area (TPSA) is 126 Å². The quantitative estimate of drug-likeness (QED) is 0.253. The molecule has 130 valence electrons. The van der Waals surface area contributed by atoms with E-state index in [0.29, 0.717) is 12.0 Å². The molecular formula is C14H24N4O5. The van der Waals surface area contributed by atoms with E-state index in [9.17, 15) is 9.90 Å². The van der Waals surface area contributed by atoms with Crippen LogP contribution >= 0.6 is 0 Å². The highest BCUT2D eigenvalue weighted by Gasteiger charge is 2.35. The molecule has 0 unspecified atom stereocenters. The predicted octanol–water partition coefficient (Wildman–Crippen LogP) is 1.87. The third-order valence-corrected chi connectivity index (χ3v) is 3.10. The number of amides is 1. The van der Waals surface area contributed by atoms with Crippen molar-refractivity contribution < 1.29 is 24.1 Å². The zero-order valence-corrected chi connectivity index (χ0v) is 13.9. The summed E-state index contributed by atoms with van der Waals surface area (Å²) in [6, 6.07) is -1.22. The van der Waals surface area contributed by atoms with Gasteiger partial charge in [0.15, 0.2) is 0 Å². The minimum Gasteiger partial charge on any atom is -0.444 e. The number of alkyl carbamates (subject to hydrolysis) is 1. The van der Waals surface area contributed by atoms with Gasteiger partial charge in [-0.3, -0.25) is 0 Å². The molecule has 9 nitrogen and oxygen atoms in total. The molecule has 0 saturated heterocycles. The van der Waals surface area contributed by atoms with Crippen molar-refractivity contribution in [1.29, 1.82) is 0 Å². The van der Waals surface area contributed by atoms with Gasteiger partial charge in [-0.25, -0.2) is 4.79 Å². The highest BCUT2D eigenvalue weighted by molar-refractivity contribution is 5.68. The van der Waals surface area contributed by atoms with Crippen molar-refractivity contribution in [2.45, 2.75) is 51.0 Å². The van der Waals surface area contributed by atoms with Gasteiger partial charge < -0.3 is 24.6 Å². The Morgan fingerprint density at radius 1 is 1.57 bits per heavy atom. The Bertz CT molecular complexity index is 482. The van der Waals surface area contributed by atoms with Crippen LogP contribution in [0.4, 0.5) is 4.79 Å². The highest BCUT2D eigenvalue weighted by Crippen LogP contribution is 2.24. The average Bonchev–Trinajstić information content (AvgIpc) is 2.45. The SMILES string of the molecule is COCO[C@@H]1C=C(CO)C[C@H](N=[N+]=[N-])[C@H]1NC(=O)OC(C)(C)C. The molecule has 0 spiro atoms. The molecule has 0 aliphatic heterocycles. The van der Waals surface area contributed by atoms with E-state index in [1.54, 1.807) is 26.8 Å². The third kappa shape index (κ3) is 6.45. The zero-order valence-electron chi connectivity index (χ0n) is 13.9. The lowest BCUT2D eigenvalue weighted by atomic mass is 9.89. The maximum Gasteiger partial charge on any atom is 0.407 e. The van der Waals surface area contributed by atoms with Crippen molar-refractivity contribution in [3.63, 3.8) is 0 Å². The molecule has 0 aromatic heterocycles. The van der Waals surface area contributed by atoms with E-state index in [1.165, 1.54) is 7.11 Å². The molecule has 0 saturated carbocycles. The first-order valence-corrected chi connectivity index (χ1v) is 7.25. The fourth-order valence-corrected chi connectivity index (χ4v) is 2.24. The van der Waals surface area contributed by atoms with Gasteiger partial charge in [0.2, 0.25) is 0 Å². The van der Waals surface area contributed by atoms with Crippen LogP contribution < -0.4 is 5.32 Å². The zero-order chi connectivity index (χ0) is 17.5. The number of hydrogen-bond acceptors (Lipinski definition) is 6. The Morgan fingerprint density at radius 2 is 2.26 bits per heavy atom. The van der Waals surface area contributed by atoms with Gasteiger partial charge in [-0.05, 0) is 38.3 Å². The Morgan fingerprint density at radius 3 is 2.78 bits per heavy atom. The van der Waals surface area contributed by atoms with Crippen LogP contribution in [0.15, 0.2) is 16.8 Å². The summed E-state index contributed by atoms with van der Waals surface area (Å²) in [4.78, 5) is 14.8. The molecule has 3 atom stereocenters. The Hall–Kier alpha value is -1.80. The summed E-state index contributed by atoms with van der Waals surface area (Å²) >= 11 is 0. The van der Waals surface area contributed by atoms with Gasteiger partial charge in [-0.15, -0.1) is 0 Å². The molecule has 23 heavy (non-hydrogen) atoms. The van der Waals surface area contributed by atoms with Crippen LogP contribution in [0.5, 0.6) is 0 Å². The van der Waals surface area contributed by atoms with Crippen LogP contribution in [0, 0.1) is 0 Å². The van der Waals surface area contributed by atoms with Crippen LogP contribution in [0.2, 0.25) is 0 Å². The smallest absolute Gasteiger partial charge is 0.407 e. The number of rotatable bonds is 6. The number of azide groups is 1. The second-order valence-electron chi connectivity index (χ2n) is 6.17. The number of nitrogens with zero attached hydrogens (tertiary/aromatic N) is 3. The molecule has 0 bridgehead atoms. The lowest BCUT2D eigenvalue weighted by Crippen LogP contribution is -2.53. The summed E-state index contributed by atoms with van der Waals surface area (Å²) in [5.41, 5.74) is 8.77. The second kappa shape index (κ2) is 8.73. The van der Waals surface area contributed by atoms with Crippen LogP contribution in [0.25, 0.3) is 10.4 Å². The summed E-state index contributed by atoms with van der Waals surface area (Å²) in [6.45, 7) is 5.07. The standard InChI is InChI=1S/C14H24N4O5/c1-14(2,3)23-13(20)16-12-10(17-18-15)5-9(7-19)6-11(12)22-8-21-4/h6,10-12,19H,5,7-8H2,1-4H3,(H,16,20)/t10-,11+,12+/m0/s1. The van der Waals surface area contributed by atoms with E-state index in [2.05, 4.69) is 15.3 Å². The molecule has 0 aromatic rings. The number of ether oxygens (including phenoxy) is 3. The summed E-state index contributed by atoms with van der Waals surface area (Å²) in [5.74, 6) is 0. The third-order valence-electron chi connectivity index (χ3n) is 3.10. The number of nitrogens with one attached hydrogen (secondary N) is 1. The van der Waals surface area contributed by atoms with Gasteiger partial charge in [0.1, 0.15) is 12.4 Å². The van der Waals surface area contributed by atoms with E-state index < -0.39 is 29.9 Å². The largest absolute Gasteiger partial charge is 0.444 e. The minimum atomic E-state index is -0.651. The molecule has 1 aliphatic carbocycles. The van der Waals surface area contributed by atoms with Crippen molar-refractivity contribution in [1.82, 2.24) is 5.32 Å². The molecule has 0 radical (unpaired) electrons. The maximum absolute atomic E-state index is 12.0. The van der Waals surface area contributed by atoms with Crippen LogP contribution in [-0.2, 0) is 14.2 Å². The van der Waals surface area contributed by atoms with Crippen molar-refractivity contribution in [2.24, 2.45) is 5.11 Å². The molecule has 2 N–H and O–H groups in total. The summed E-state index contributed by atoms with van der Waals surface area (Å²) < 4.78 is 15.6. The molecule has 1 amide bonds. The second-order valence-corrected chi connectivity index (χ2v) is 6.17. The van der Waals surface area contributed by atoms with Crippen LogP contribution in [0.3, 0.4) is 0 Å². The molecule has 0 aromatic carbocycles. The van der Waals surface area contributed by atoms with E-state index in [4.69, 9.17) is 19.7 Å². The van der Waals surface area contributed by atoms with Gasteiger partial charge in [-0.2, -0.15) is 0 Å². The van der Waals surface area contributed by atoms with Gasteiger partial charge in [0.05, 0.1) is 24.8 Å². The molecule has 1 rings (SSSR count). The van der Waals surface area contributed by atoms with E-state index >= 15 is 0 Å². The normalized spacial score (nSPS) is 24.4. The Balaban J connectivity index is 2.95. The highest BCUT2D eigenvalue weighted by atomic mass is 16.7. The number of carbonyl (C=O) groups excluding carboxylic acids is 1. The van der Waals surface area contributed by atoms with Crippen molar-refractivity contribution in [3.8, 4) is 0 Å². The summed E-state index contributed by atoms with van der Waals surface area (Å²) in [7, 11) is 1.47. The fraction of sp³-hybridized carbons (Fsp3) is 0.786. The number of methoxy groups -OCH3 is 1. The van der Waals surface area contributed by atoms with Gasteiger partial charge >= 0.3 is 6.09 Å². The number of aliphatic hydroxyl groups is 1. The number of carbonyl (C=O) groups is 1. The summed E-state index contributed by atoms with van der Waals surface area (Å²) in [5, 5.41) is 15.7. The van der Waals surface area contributed by atoms with Crippen molar-refractivity contribution in [3.05, 3.63) is 22.1 Å². The molecule has 9 heteroatoms. The van der Waals surface area contributed by atoms with Crippen LogP contribution in [0.1, 0.15) is 27.2 Å². The van der Waals surface area contributed by atoms with Gasteiger partial charge in [0.25, 0.3) is 0 Å². The number of hydrogen-bond donors (Lipinski definition) is 2. The Labute approximate surface area is 135 Å². The fourth-order valence-electron chi connectivity index (χ4n) is 2.24. The predicted molar refractivity (Wildman–Crippen MR) is 82.6 cm³/mol. The lowest BCUT2D eigenvalue weighted by molar-refractivity contribution is -0.0712. The average molecular weight is 328 g/mol. The first-order valence-electron chi connectivity index (χ1n) is 7.25. The van der Waals surface area contributed by atoms with Gasteiger partial charge in [-0.1, -0.05) is 11.2 Å². The molecular weight excluding hydrogens is 304 g/mol. The van der Waals surface area contributed by atoms with E-state index in [-0.39, 0.29) is 13.4 Å². The van der Waals surface area contributed by atoms with Gasteiger partial charge in [0, 0.05) is 12.0 Å². The van der Waals surface area contributed by atoms with Crippen molar-refractivity contribution in [2.75, 3.05) is 20.5 Å². The maximum atomic E-state index is 12.0. The molecule has 1 aliphatic rings. The van der Waals surface area contributed by atoms with E-state index in [1.807, 2.05) is 0 Å². The van der Waals surface area contributed by atoms with Crippen LogP contribution in [-0.4, -0.2) is 55.5 Å². The minimum absolute atomic E-state index is 0.00460. The molecule has 0 heterocycles.